The van der Waals surface area contributed by atoms with Crippen LogP contribution >= 0.6 is 63.4 Å². The summed E-state index contributed by atoms with van der Waals surface area (Å²) in [6.45, 7) is 2.07. The van der Waals surface area contributed by atoms with Gasteiger partial charge in [0.05, 0.1) is 17.2 Å². The summed E-state index contributed by atoms with van der Waals surface area (Å²) in [7, 11) is 1.89. The highest BCUT2D eigenvalue weighted by molar-refractivity contribution is 14.0. The maximum atomic E-state index is 13.8. The zero-order chi connectivity index (χ0) is 20.8. The summed E-state index contributed by atoms with van der Waals surface area (Å²) in [6, 6.07) is 13.0. The summed E-state index contributed by atoms with van der Waals surface area (Å²) in [5, 5.41) is 11.6. The Morgan fingerprint density at radius 3 is 2.60 bits per heavy atom. The number of anilines is 1. The molecule has 0 aliphatic carbocycles. The molecule has 5 nitrogen and oxygen atoms in total. The Morgan fingerprint density at radius 2 is 1.90 bits per heavy atom. The lowest BCUT2D eigenvalue weighted by Crippen LogP contribution is -2.15. The normalized spacial score (nSPS) is 10.5. The lowest BCUT2D eigenvalue weighted by atomic mass is 10.2. The lowest BCUT2D eigenvalue weighted by Gasteiger charge is -2.07. The molecule has 0 atom stereocenters. The van der Waals surface area contributed by atoms with E-state index in [9.17, 15) is 9.18 Å². The van der Waals surface area contributed by atoms with Gasteiger partial charge in [-0.3, -0.25) is 4.79 Å². The lowest BCUT2D eigenvalue weighted by molar-refractivity contribution is -0.113. The molecule has 0 fully saturated rings. The molecule has 1 amide bonds. The molecule has 0 bridgehead atoms. The molecule has 1 aromatic heterocycles. The number of rotatable bonds is 8. The highest BCUT2D eigenvalue weighted by Gasteiger charge is 2.13. The first kappa shape index (κ1) is 25.2. The van der Waals surface area contributed by atoms with Gasteiger partial charge in [0.25, 0.3) is 0 Å². The standard InChI is InChI=1S/C20H20BrFN4OS2.HI/c1-13-3-5-14(6-4-13)10-28-11-18-24-25-20(26(18)2)29-12-19(27)23-17-8-7-15(21)9-16(17)22;/h3-9H,10-12H2,1-2H3,(H,23,27);1H. The van der Waals surface area contributed by atoms with Gasteiger partial charge in [0, 0.05) is 17.3 Å². The highest BCUT2D eigenvalue weighted by atomic mass is 127. The predicted octanol–water partition coefficient (Wildman–Crippen LogP) is 5.81. The van der Waals surface area contributed by atoms with Crippen LogP contribution in [0.1, 0.15) is 17.0 Å². The number of aromatic nitrogens is 3. The molecule has 1 N–H and O–H groups in total. The van der Waals surface area contributed by atoms with Crippen LogP contribution in [0, 0.1) is 12.7 Å². The third kappa shape index (κ3) is 7.24. The second-order valence-corrected chi connectivity index (χ2v) is 9.24. The van der Waals surface area contributed by atoms with Crippen LogP contribution in [-0.4, -0.2) is 26.4 Å². The average molecular weight is 623 g/mol. The number of hydrogen-bond donors (Lipinski definition) is 1. The van der Waals surface area contributed by atoms with Crippen molar-refractivity contribution in [3.63, 3.8) is 0 Å². The van der Waals surface area contributed by atoms with Crippen molar-refractivity contribution in [3.05, 3.63) is 69.7 Å². The van der Waals surface area contributed by atoms with E-state index in [2.05, 4.69) is 62.6 Å². The molecule has 0 saturated carbocycles. The summed E-state index contributed by atoms with van der Waals surface area (Å²) in [5.41, 5.74) is 2.68. The minimum Gasteiger partial charge on any atom is -0.323 e. The van der Waals surface area contributed by atoms with E-state index in [0.717, 1.165) is 17.3 Å². The molecular weight excluding hydrogens is 602 g/mol. The van der Waals surface area contributed by atoms with Crippen LogP contribution in [0.4, 0.5) is 10.1 Å². The van der Waals surface area contributed by atoms with E-state index < -0.39 is 5.82 Å². The van der Waals surface area contributed by atoms with Gasteiger partial charge in [0.1, 0.15) is 11.6 Å². The van der Waals surface area contributed by atoms with Crippen LogP contribution in [0.15, 0.2) is 52.1 Å². The Hall–Kier alpha value is -1.11. The summed E-state index contributed by atoms with van der Waals surface area (Å²) in [6.07, 6.45) is 0. The second kappa shape index (κ2) is 12.1. The highest BCUT2D eigenvalue weighted by Crippen LogP contribution is 2.22. The van der Waals surface area contributed by atoms with Gasteiger partial charge in [-0.2, -0.15) is 0 Å². The number of carbonyl (C=O) groups excluding carboxylic acids is 1. The number of nitrogens with zero attached hydrogens (tertiary/aromatic N) is 3. The first-order valence-corrected chi connectivity index (χ1v) is 11.7. The molecule has 0 radical (unpaired) electrons. The van der Waals surface area contributed by atoms with Gasteiger partial charge in [-0.1, -0.05) is 57.5 Å². The van der Waals surface area contributed by atoms with E-state index in [1.54, 1.807) is 17.8 Å². The van der Waals surface area contributed by atoms with Gasteiger partial charge in [-0.15, -0.1) is 45.9 Å². The molecule has 0 spiro atoms. The van der Waals surface area contributed by atoms with Crippen molar-refractivity contribution in [2.75, 3.05) is 11.1 Å². The van der Waals surface area contributed by atoms with E-state index in [4.69, 9.17) is 0 Å². The Labute approximate surface area is 209 Å². The first-order valence-electron chi connectivity index (χ1n) is 8.81. The summed E-state index contributed by atoms with van der Waals surface area (Å²) in [5.74, 6) is 1.82. The van der Waals surface area contributed by atoms with Crippen LogP contribution in [0.5, 0.6) is 0 Å². The van der Waals surface area contributed by atoms with Crippen molar-refractivity contribution in [1.29, 1.82) is 0 Å². The molecular formula is C20H21BrFIN4OS2. The van der Waals surface area contributed by atoms with E-state index in [0.29, 0.717) is 9.63 Å². The first-order chi connectivity index (χ1) is 13.9. The van der Waals surface area contributed by atoms with E-state index in [-0.39, 0.29) is 41.3 Å². The average Bonchev–Trinajstić information content (AvgIpc) is 3.04. The Morgan fingerprint density at radius 1 is 1.17 bits per heavy atom. The van der Waals surface area contributed by atoms with Gasteiger partial charge in [-0.05, 0) is 30.7 Å². The van der Waals surface area contributed by atoms with Gasteiger partial charge >= 0.3 is 0 Å². The van der Waals surface area contributed by atoms with Crippen molar-refractivity contribution in [2.24, 2.45) is 7.05 Å². The van der Waals surface area contributed by atoms with Crippen molar-refractivity contribution < 1.29 is 9.18 Å². The van der Waals surface area contributed by atoms with Crippen LogP contribution in [0.3, 0.4) is 0 Å². The molecule has 2 aromatic carbocycles. The monoisotopic (exact) mass is 622 g/mol. The maximum absolute atomic E-state index is 13.8. The quantitative estimate of drug-likeness (QED) is 0.254. The molecule has 0 aliphatic rings. The topological polar surface area (TPSA) is 59.8 Å². The smallest absolute Gasteiger partial charge is 0.234 e. The minimum absolute atomic E-state index is 0. The molecule has 30 heavy (non-hydrogen) atoms. The van der Waals surface area contributed by atoms with Gasteiger partial charge < -0.3 is 9.88 Å². The molecule has 3 rings (SSSR count). The molecule has 1 heterocycles. The molecule has 160 valence electrons. The zero-order valence-corrected chi connectivity index (χ0v) is 21.9. The van der Waals surface area contributed by atoms with Crippen molar-refractivity contribution >= 4 is 75.0 Å². The third-order valence-corrected chi connectivity index (χ3v) is 6.60. The second-order valence-electron chi connectivity index (χ2n) is 6.40. The number of aryl methyl sites for hydroxylation is 1. The largest absolute Gasteiger partial charge is 0.323 e. The van der Waals surface area contributed by atoms with Crippen molar-refractivity contribution in [1.82, 2.24) is 14.8 Å². The van der Waals surface area contributed by atoms with Gasteiger partial charge in [-0.25, -0.2) is 4.39 Å². The van der Waals surface area contributed by atoms with E-state index >= 15 is 0 Å². The van der Waals surface area contributed by atoms with E-state index in [1.165, 1.54) is 35.0 Å². The molecule has 10 heteroatoms. The van der Waals surface area contributed by atoms with E-state index in [1.807, 2.05) is 11.6 Å². The fraction of sp³-hybridized carbons (Fsp3) is 0.250. The molecule has 0 unspecified atom stereocenters. The maximum Gasteiger partial charge on any atom is 0.234 e. The number of benzene rings is 2. The number of thioether (sulfide) groups is 2. The fourth-order valence-electron chi connectivity index (χ4n) is 2.45. The molecule has 3 aromatic rings. The number of amides is 1. The third-order valence-electron chi connectivity index (χ3n) is 4.08. The molecule has 0 saturated heterocycles. The predicted molar refractivity (Wildman–Crippen MR) is 136 cm³/mol. The number of halogens is 3. The summed E-state index contributed by atoms with van der Waals surface area (Å²) >= 11 is 6.23. The number of hydrogen-bond acceptors (Lipinski definition) is 5. The number of carbonyl (C=O) groups is 1. The molecule has 0 aliphatic heterocycles. The Kier molecular flexibility index (Phi) is 10.1. The Bertz CT molecular complexity index is 1000. The van der Waals surface area contributed by atoms with Gasteiger partial charge in [0.2, 0.25) is 5.91 Å². The summed E-state index contributed by atoms with van der Waals surface area (Å²) < 4.78 is 16.3. The SMILES string of the molecule is Cc1ccc(CSCc2nnc(SCC(=O)Nc3ccc(Br)cc3F)n2C)cc1.I. The van der Waals surface area contributed by atoms with Gasteiger partial charge in [0.15, 0.2) is 5.16 Å². The summed E-state index contributed by atoms with van der Waals surface area (Å²) in [4.78, 5) is 12.1. The van der Waals surface area contributed by atoms with Crippen LogP contribution in [-0.2, 0) is 23.3 Å². The Balaban J connectivity index is 0.00000320. The van der Waals surface area contributed by atoms with Crippen molar-refractivity contribution in [3.8, 4) is 0 Å². The van der Waals surface area contributed by atoms with Crippen LogP contribution in [0.2, 0.25) is 0 Å². The van der Waals surface area contributed by atoms with Crippen LogP contribution < -0.4 is 5.32 Å². The van der Waals surface area contributed by atoms with Crippen molar-refractivity contribution in [2.45, 2.75) is 23.6 Å². The van der Waals surface area contributed by atoms with Crippen LogP contribution in [0.25, 0.3) is 0 Å². The number of nitrogens with one attached hydrogen (secondary N) is 1. The fourth-order valence-corrected chi connectivity index (χ4v) is 4.48. The minimum atomic E-state index is -0.482. The zero-order valence-electron chi connectivity index (χ0n) is 16.4.